The van der Waals surface area contributed by atoms with Gasteiger partial charge in [0.2, 0.25) is 11.7 Å². The first-order chi connectivity index (χ1) is 23.4. The van der Waals surface area contributed by atoms with E-state index in [4.69, 9.17) is 19.1 Å². The lowest BCUT2D eigenvalue weighted by Gasteiger charge is -2.43. The monoisotopic (exact) mass is 668 g/mol. The van der Waals surface area contributed by atoms with Crippen LogP contribution in [0.25, 0.3) is 22.1 Å². The van der Waals surface area contributed by atoms with Crippen molar-refractivity contribution in [2.24, 2.45) is 0 Å². The minimum Gasteiger partial charge on any atom is -0.494 e. The molecule has 0 unspecified atom stereocenters. The number of nitrogens with one attached hydrogen (secondary N) is 2. The molecule has 2 N–H and O–H groups in total. The number of benzene rings is 2. The van der Waals surface area contributed by atoms with Crippen molar-refractivity contribution in [1.82, 2.24) is 29.7 Å². The van der Waals surface area contributed by atoms with Crippen LogP contribution in [0.5, 0.6) is 5.75 Å². The van der Waals surface area contributed by atoms with Gasteiger partial charge in [-0.25, -0.2) is 0 Å². The van der Waals surface area contributed by atoms with E-state index in [1.54, 1.807) is 37.7 Å². The lowest BCUT2D eigenvalue weighted by Crippen LogP contribution is -2.52. The molecule has 0 aliphatic carbocycles. The first-order valence-corrected chi connectivity index (χ1v) is 17.8. The summed E-state index contributed by atoms with van der Waals surface area (Å²) in [6, 6.07) is 10.8. The molecule has 0 radical (unpaired) electrons. The number of piperidine rings is 1. The highest BCUT2D eigenvalue weighted by molar-refractivity contribution is 7.99. The number of furan rings is 1. The fourth-order valence-corrected chi connectivity index (χ4v) is 7.27. The van der Waals surface area contributed by atoms with Crippen LogP contribution in [-0.4, -0.2) is 103 Å². The topological polar surface area (TPSA) is 111 Å². The highest BCUT2D eigenvalue weighted by atomic mass is 32.2. The zero-order valence-corrected chi connectivity index (χ0v) is 29.2. The SMILES string of the molecule is CCc1cc(Nc2nc(Nc3ccc4nccnc4c3N(C)SC)c3ccoc3n2)c(OC)cc1N1CCC(N2CCN(C)CC2)CC1. The van der Waals surface area contributed by atoms with Crippen LogP contribution in [0.2, 0.25) is 0 Å². The second-order valence-electron chi connectivity index (χ2n) is 12.4. The van der Waals surface area contributed by atoms with Gasteiger partial charge in [-0.2, -0.15) is 9.97 Å². The molecule has 12 nitrogen and oxygen atoms in total. The van der Waals surface area contributed by atoms with E-state index < -0.39 is 0 Å². The maximum atomic E-state index is 5.95. The Morgan fingerprint density at radius 1 is 0.979 bits per heavy atom. The third-order valence-corrected chi connectivity index (χ3v) is 10.4. The van der Waals surface area contributed by atoms with E-state index in [0.29, 0.717) is 23.5 Å². The predicted molar refractivity (Wildman–Crippen MR) is 197 cm³/mol. The van der Waals surface area contributed by atoms with Crippen molar-refractivity contribution in [2.45, 2.75) is 32.2 Å². The van der Waals surface area contributed by atoms with Crippen molar-refractivity contribution in [3.8, 4) is 5.75 Å². The van der Waals surface area contributed by atoms with E-state index in [2.05, 4.69) is 65.7 Å². The summed E-state index contributed by atoms with van der Waals surface area (Å²) >= 11 is 1.59. The molecule has 0 amide bonds. The van der Waals surface area contributed by atoms with Gasteiger partial charge in [0.25, 0.3) is 0 Å². The Hall–Kier alpha value is -4.33. The molecule has 0 spiro atoms. The highest BCUT2D eigenvalue weighted by Crippen LogP contribution is 2.39. The highest BCUT2D eigenvalue weighted by Gasteiger charge is 2.28. The van der Waals surface area contributed by atoms with E-state index in [9.17, 15) is 0 Å². The van der Waals surface area contributed by atoms with Crippen molar-refractivity contribution in [3.63, 3.8) is 0 Å². The molecule has 48 heavy (non-hydrogen) atoms. The molecule has 2 saturated heterocycles. The van der Waals surface area contributed by atoms with Gasteiger partial charge in [-0.05, 0) is 56.1 Å². The van der Waals surface area contributed by atoms with E-state index in [1.807, 2.05) is 31.5 Å². The molecule has 0 saturated carbocycles. The summed E-state index contributed by atoms with van der Waals surface area (Å²) in [5, 5.41) is 7.78. The van der Waals surface area contributed by atoms with Gasteiger partial charge < -0.3 is 33.9 Å². The number of fused-ring (bicyclic) bond motifs is 2. The maximum absolute atomic E-state index is 5.95. The Kier molecular flexibility index (Phi) is 9.42. The summed E-state index contributed by atoms with van der Waals surface area (Å²) in [5.41, 5.74) is 7.17. The van der Waals surface area contributed by atoms with Gasteiger partial charge in [0.1, 0.15) is 17.1 Å². The third-order valence-electron chi connectivity index (χ3n) is 9.67. The number of hydrogen-bond donors (Lipinski definition) is 2. The van der Waals surface area contributed by atoms with Crippen molar-refractivity contribution < 1.29 is 9.15 Å². The average Bonchev–Trinajstić information content (AvgIpc) is 3.60. The largest absolute Gasteiger partial charge is 0.494 e. The average molecular weight is 669 g/mol. The summed E-state index contributed by atoms with van der Waals surface area (Å²) in [4.78, 5) is 26.5. The minimum absolute atomic E-state index is 0.404. The molecule has 7 rings (SSSR count). The number of methoxy groups -OCH3 is 1. The Morgan fingerprint density at radius 3 is 2.52 bits per heavy atom. The van der Waals surface area contributed by atoms with E-state index in [-0.39, 0.29) is 0 Å². The predicted octanol–water partition coefficient (Wildman–Crippen LogP) is 6.15. The fraction of sp³-hybridized carbons (Fsp3) is 0.429. The van der Waals surface area contributed by atoms with Gasteiger partial charge in [0.05, 0.1) is 41.3 Å². The molecule has 13 heteroatoms. The molecule has 0 bridgehead atoms. The molecule has 0 atom stereocenters. The zero-order chi connectivity index (χ0) is 33.2. The van der Waals surface area contributed by atoms with Crippen molar-refractivity contribution in [2.75, 3.05) is 86.6 Å². The molecule has 3 aromatic heterocycles. The number of aryl methyl sites for hydroxylation is 1. The molecule has 5 heterocycles. The number of nitrogens with zero attached hydrogens (tertiary/aromatic N) is 8. The molecule has 252 valence electrons. The van der Waals surface area contributed by atoms with Crippen LogP contribution in [0, 0.1) is 0 Å². The number of anilines is 6. The lowest BCUT2D eigenvalue weighted by atomic mass is 9.99. The molecular weight excluding hydrogens is 625 g/mol. The summed E-state index contributed by atoms with van der Waals surface area (Å²) in [5.74, 6) is 1.77. The molecule has 2 aromatic carbocycles. The first-order valence-electron chi connectivity index (χ1n) is 16.6. The van der Waals surface area contributed by atoms with E-state index in [1.165, 1.54) is 37.2 Å². The van der Waals surface area contributed by atoms with Gasteiger partial charge in [0.15, 0.2) is 0 Å². The zero-order valence-electron chi connectivity index (χ0n) is 28.4. The standard InChI is InChI=1S/C35H44N10O2S/c1-6-23-21-28(30(46-4)22-29(23)45-14-9-24(10-15-45)44-18-16-42(2)17-19-44)39-35-40-33(25-11-20-47-34(25)41-35)38-27-8-7-26-31(37-13-12-36-26)32(27)43(3)48-5/h7-8,11-13,20-22,24H,6,9-10,14-19H2,1-5H3,(H2,38,39,40,41). The van der Waals surface area contributed by atoms with Gasteiger partial charge in [-0.3, -0.25) is 14.9 Å². The lowest BCUT2D eigenvalue weighted by molar-refractivity contribution is 0.0982. The van der Waals surface area contributed by atoms with E-state index in [0.717, 1.165) is 71.8 Å². The van der Waals surface area contributed by atoms with Crippen molar-refractivity contribution in [3.05, 3.63) is 54.6 Å². The van der Waals surface area contributed by atoms with Crippen LogP contribution in [0.1, 0.15) is 25.3 Å². The number of piperazine rings is 1. The molecule has 2 aliphatic rings. The number of rotatable bonds is 10. The molecule has 2 aliphatic heterocycles. The smallest absolute Gasteiger partial charge is 0.232 e. The summed E-state index contributed by atoms with van der Waals surface area (Å²) < 4.78 is 13.8. The number of aromatic nitrogens is 4. The Bertz CT molecular complexity index is 1880. The summed E-state index contributed by atoms with van der Waals surface area (Å²) in [6.45, 7) is 8.96. The van der Waals surface area contributed by atoms with Crippen LogP contribution in [0.3, 0.4) is 0 Å². The Morgan fingerprint density at radius 2 is 1.77 bits per heavy atom. The van der Waals surface area contributed by atoms with Gasteiger partial charge >= 0.3 is 0 Å². The van der Waals surface area contributed by atoms with Crippen LogP contribution in [0.15, 0.2) is 53.4 Å². The molecule has 2 fully saturated rings. The Labute approximate surface area is 286 Å². The number of hydrogen-bond acceptors (Lipinski definition) is 13. The fourth-order valence-electron chi connectivity index (χ4n) is 6.90. The summed E-state index contributed by atoms with van der Waals surface area (Å²) in [7, 11) is 5.95. The number of ether oxygens (including phenoxy) is 1. The third kappa shape index (κ3) is 6.41. The normalized spacial score (nSPS) is 16.5. The van der Waals surface area contributed by atoms with Crippen LogP contribution >= 0.6 is 11.9 Å². The van der Waals surface area contributed by atoms with Gasteiger partial charge in [-0.15, -0.1) is 0 Å². The van der Waals surface area contributed by atoms with Crippen molar-refractivity contribution in [1.29, 1.82) is 0 Å². The molecular formula is C35H44N10O2S. The van der Waals surface area contributed by atoms with Crippen LogP contribution < -0.4 is 24.6 Å². The Balaban J connectivity index is 1.16. The minimum atomic E-state index is 0.404. The van der Waals surface area contributed by atoms with E-state index >= 15 is 0 Å². The molecule has 5 aromatic rings. The van der Waals surface area contributed by atoms with Crippen molar-refractivity contribution >= 4 is 68.6 Å². The quantitative estimate of drug-likeness (QED) is 0.166. The first kappa shape index (κ1) is 32.2. The second kappa shape index (κ2) is 14.0. The van der Waals surface area contributed by atoms with Gasteiger partial charge in [0, 0.05) is 82.8 Å². The number of likely N-dealkylation sites (N-methyl/N-ethyl adjacent to an activating group) is 1. The maximum Gasteiger partial charge on any atom is 0.232 e. The van der Waals surface area contributed by atoms with Crippen LogP contribution in [0.4, 0.5) is 34.5 Å². The van der Waals surface area contributed by atoms with Crippen LogP contribution in [-0.2, 0) is 6.42 Å². The summed E-state index contributed by atoms with van der Waals surface area (Å²) in [6.07, 6.45) is 10.3. The second-order valence-corrected chi connectivity index (χ2v) is 13.4. The van der Waals surface area contributed by atoms with Gasteiger partial charge in [-0.1, -0.05) is 18.9 Å².